The number of nitrogens with one attached hydrogen (secondary N) is 7. The summed E-state index contributed by atoms with van der Waals surface area (Å²) in [5.41, 5.74) is -1.02. The molecule has 3 saturated heterocycles. The first kappa shape index (κ1) is 87.1. The summed E-state index contributed by atoms with van der Waals surface area (Å²) < 4.78 is 85.0. The fourth-order valence-corrected chi connectivity index (χ4v) is 9.56. The molecular formula is C59H110BN7O30. The molecule has 0 spiro atoms. The van der Waals surface area contributed by atoms with Crippen LogP contribution in [-0.4, -0.2) is 364 Å². The Morgan fingerprint density at radius 3 is 0.876 bits per heavy atom. The van der Waals surface area contributed by atoms with Crippen LogP contribution in [-0.2, 0) is 99.8 Å². The normalized spacial score (nSPS) is 26.5. The van der Waals surface area contributed by atoms with E-state index in [1.54, 1.807) is 0 Å². The number of ether oxygens (including phenoxy) is 15. The summed E-state index contributed by atoms with van der Waals surface area (Å²) in [5, 5.41) is 109. The Bertz CT molecular complexity index is 1970. The van der Waals surface area contributed by atoms with Crippen LogP contribution in [0.25, 0.3) is 0 Å². The van der Waals surface area contributed by atoms with Crippen molar-refractivity contribution in [2.45, 2.75) is 164 Å². The quantitative estimate of drug-likeness (QED) is 0.0199. The fraction of sp³-hybridized carbons (Fsp3) is 0.898. The highest BCUT2D eigenvalue weighted by Gasteiger charge is 2.48. The fourth-order valence-electron chi connectivity index (χ4n) is 9.56. The second-order valence-electron chi connectivity index (χ2n) is 24.2. The average molecular weight is 1410 g/mol. The van der Waals surface area contributed by atoms with Crippen LogP contribution in [0.15, 0.2) is 0 Å². The Morgan fingerprint density at radius 1 is 0.371 bits per heavy atom. The molecular weight excluding hydrogens is 1300 g/mol. The number of carbonyl (C=O) groups is 6. The lowest BCUT2D eigenvalue weighted by Crippen LogP contribution is -2.64. The third-order valence-electron chi connectivity index (χ3n) is 14.7. The van der Waals surface area contributed by atoms with Crippen LogP contribution in [0.3, 0.4) is 0 Å². The Balaban J connectivity index is 1.41. The number of amides is 6. The summed E-state index contributed by atoms with van der Waals surface area (Å²) in [5.74, 6) is -2.35. The lowest BCUT2D eigenvalue weighted by atomic mass is 9.63. The topological polar surface area (TPSA) is 507 Å². The first-order valence-electron chi connectivity index (χ1n) is 32.6. The van der Waals surface area contributed by atoms with Gasteiger partial charge in [-0.25, -0.2) is 0 Å². The van der Waals surface area contributed by atoms with Gasteiger partial charge in [-0.15, -0.1) is 0 Å². The second-order valence-corrected chi connectivity index (χ2v) is 24.2. The van der Waals surface area contributed by atoms with Crippen LogP contribution in [0.1, 0.15) is 60.8 Å². The molecule has 3 fully saturated rings. The molecule has 0 aliphatic carbocycles. The third kappa shape index (κ3) is 35.9. The maximum Gasteiger partial charge on any atom is 0.222 e. The van der Waals surface area contributed by atoms with E-state index in [-0.39, 0.29) is 201 Å². The van der Waals surface area contributed by atoms with Crippen LogP contribution in [0.2, 0.25) is 5.31 Å². The number of hydrogen-bond acceptors (Lipinski definition) is 31. The van der Waals surface area contributed by atoms with Gasteiger partial charge >= 0.3 is 0 Å². The highest BCUT2D eigenvalue weighted by atomic mass is 16.7. The van der Waals surface area contributed by atoms with Crippen molar-refractivity contribution in [3.05, 3.63) is 0 Å². The summed E-state index contributed by atoms with van der Waals surface area (Å²) >= 11 is 0. The molecule has 0 aromatic heterocycles. The van der Waals surface area contributed by atoms with E-state index in [2.05, 4.69) is 37.1 Å². The van der Waals surface area contributed by atoms with E-state index in [1.807, 2.05) is 20.8 Å². The van der Waals surface area contributed by atoms with Crippen LogP contribution in [0, 0.1) is 0 Å². The van der Waals surface area contributed by atoms with E-state index < -0.39 is 135 Å². The molecule has 0 saturated carbocycles. The lowest BCUT2D eigenvalue weighted by Gasteiger charge is -2.42. The largest absolute Gasteiger partial charge is 0.394 e. The average Bonchev–Trinajstić information content (AvgIpc) is 0.831. The van der Waals surface area contributed by atoms with Crippen molar-refractivity contribution in [3.63, 3.8) is 0 Å². The Hall–Kier alpha value is -4.12. The van der Waals surface area contributed by atoms with Gasteiger partial charge in [0.15, 0.2) is 18.9 Å². The van der Waals surface area contributed by atoms with Gasteiger partial charge in [0.25, 0.3) is 0 Å². The minimum Gasteiger partial charge on any atom is -0.394 e. The molecule has 15 atom stereocenters. The van der Waals surface area contributed by atoms with E-state index in [1.165, 1.54) is 20.8 Å². The molecule has 3 heterocycles. The molecule has 564 valence electrons. The van der Waals surface area contributed by atoms with Crippen molar-refractivity contribution >= 4 is 42.9 Å². The summed E-state index contributed by atoms with van der Waals surface area (Å²) in [4.78, 5) is 73.5. The van der Waals surface area contributed by atoms with E-state index in [4.69, 9.17) is 71.1 Å². The van der Waals surface area contributed by atoms with Crippen LogP contribution in [0.5, 0.6) is 0 Å². The minimum absolute atomic E-state index is 0.00307. The number of rotatable bonds is 53. The van der Waals surface area contributed by atoms with Crippen LogP contribution >= 0.6 is 0 Å². The van der Waals surface area contributed by atoms with Gasteiger partial charge in [-0.3, -0.25) is 28.8 Å². The van der Waals surface area contributed by atoms with E-state index in [0.29, 0.717) is 7.41 Å². The highest BCUT2D eigenvalue weighted by molar-refractivity contribution is 6.36. The van der Waals surface area contributed by atoms with Crippen molar-refractivity contribution in [1.29, 1.82) is 0 Å². The first-order chi connectivity index (χ1) is 46.3. The Kier molecular flexibility index (Phi) is 44.4. The molecule has 3 rings (SSSR count). The van der Waals surface area contributed by atoms with Gasteiger partial charge in [-0.05, 0) is 5.31 Å². The second kappa shape index (κ2) is 49.5. The standard InChI is InChI=1S/C59H110BN7O30/c1-37(71)64-46-52(80)49(77)40(31-68)95-55(46)92-28-25-86-22-19-83-16-10-61-43(74)7-13-89-34-59(67-60-58(4,5)6,35-90-14-8-44(75)62-11-17-84-20-23-87-26-29-93-56-47(65-38(2)72)53(81)50(78)41(32-69)96-56)36-91-15-9-45(76)63-12-18-85-21-24-88-27-30-94-57-48(66-39(3)73)54(82)51(79)42(33-70)97-57/h40-42,46-57,60,67-70,77-82H,7-36H2,1-6H3,(H,61,74)(H,62,75)(H,63,76)(H,64,71)(H,65,72)(H,66,73). The van der Waals surface area contributed by atoms with Crippen molar-refractivity contribution in [2.24, 2.45) is 0 Å². The van der Waals surface area contributed by atoms with Crippen molar-refractivity contribution in [1.82, 2.24) is 37.1 Å². The third-order valence-corrected chi connectivity index (χ3v) is 14.7. The number of hydrogen-bond donors (Lipinski definition) is 16. The van der Waals surface area contributed by atoms with Crippen molar-refractivity contribution in [3.8, 4) is 0 Å². The van der Waals surface area contributed by atoms with Crippen molar-refractivity contribution < 1.29 is 146 Å². The van der Waals surface area contributed by atoms with Crippen LogP contribution < -0.4 is 37.1 Å². The molecule has 0 radical (unpaired) electrons. The van der Waals surface area contributed by atoms with E-state index >= 15 is 0 Å². The molecule has 15 unspecified atom stereocenters. The molecule has 97 heavy (non-hydrogen) atoms. The van der Waals surface area contributed by atoms with E-state index in [0.717, 1.165) is 0 Å². The maximum absolute atomic E-state index is 12.8. The number of aliphatic hydroxyl groups excluding tert-OH is 9. The molecule has 37 nitrogen and oxygen atoms in total. The zero-order valence-corrected chi connectivity index (χ0v) is 56.7. The Labute approximate surface area is 566 Å². The summed E-state index contributed by atoms with van der Waals surface area (Å²) in [6.45, 7) is 10.6. The minimum atomic E-state index is -1.44. The zero-order chi connectivity index (χ0) is 71.6. The first-order valence-corrected chi connectivity index (χ1v) is 32.6. The molecule has 0 bridgehead atoms. The predicted octanol–water partition coefficient (Wildman–Crippen LogP) is -8.57. The van der Waals surface area contributed by atoms with Gasteiger partial charge in [0.1, 0.15) is 73.1 Å². The summed E-state index contributed by atoms with van der Waals surface area (Å²) in [6.07, 6.45) is -15.5. The SMILES string of the molecule is CC(=O)NC1C(OCCOCCOCCNC(=O)CCOCC(COCCC(=O)NCCOCCOCCOC2OC(CO)C(O)C(O)C2NC(C)=O)(COCCC(=O)NCCOCCOCCOC2OC(CO)C(O)C(O)C2NC(C)=O)NBC(C)(C)C)OC(CO)C(O)C1O. The summed E-state index contributed by atoms with van der Waals surface area (Å²) in [6, 6.07) is -3.24. The monoisotopic (exact) mass is 1410 g/mol. The van der Waals surface area contributed by atoms with Gasteiger partial charge < -0.3 is 154 Å². The predicted molar refractivity (Wildman–Crippen MR) is 337 cm³/mol. The number of carbonyl (C=O) groups excluding carboxylic acids is 6. The number of aliphatic hydroxyl groups is 9. The maximum atomic E-state index is 12.8. The summed E-state index contributed by atoms with van der Waals surface area (Å²) in [7, 11) is 0.468. The molecule has 3 aliphatic heterocycles. The van der Waals surface area contributed by atoms with Gasteiger partial charge in [0.2, 0.25) is 42.9 Å². The van der Waals surface area contributed by atoms with Crippen molar-refractivity contribution in [2.75, 3.05) is 178 Å². The molecule has 0 aromatic carbocycles. The molecule has 16 N–H and O–H groups in total. The van der Waals surface area contributed by atoms with Gasteiger partial charge in [0.05, 0.1) is 164 Å². The molecule has 6 amide bonds. The molecule has 38 heteroatoms. The van der Waals surface area contributed by atoms with Gasteiger partial charge in [-0.2, -0.15) is 0 Å². The highest BCUT2D eigenvalue weighted by Crippen LogP contribution is 2.26. The van der Waals surface area contributed by atoms with E-state index in [9.17, 15) is 74.7 Å². The smallest absolute Gasteiger partial charge is 0.222 e. The van der Waals surface area contributed by atoms with Gasteiger partial charge in [-0.1, -0.05) is 20.8 Å². The van der Waals surface area contributed by atoms with Gasteiger partial charge in [0, 0.05) is 59.7 Å². The molecule has 0 aromatic rings. The Morgan fingerprint density at radius 2 is 0.629 bits per heavy atom. The van der Waals surface area contributed by atoms with Crippen LogP contribution in [0.4, 0.5) is 0 Å². The zero-order valence-electron chi connectivity index (χ0n) is 56.7. The lowest BCUT2D eigenvalue weighted by molar-refractivity contribution is -0.272. The molecule has 3 aliphatic rings.